The summed E-state index contributed by atoms with van der Waals surface area (Å²) in [6.07, 6.45) is 4.06. The molecule has 1 rings (SSSR count). The Balaban J connectivity index is 1.98. The van der Waals surface area contributed by atoms with E-state index in [4.69, 9.17) is 15.2 Å². The number of carbonyl (C=O) groups is 1. The molecule has 7 nitrogen and oxygen atoms in total. The van der Waals surface area contributed by atoms with Gasteiger partial charge >= 0.3 is 0 Å². The molecule has 0 aliphatic heterocycles. The first-order valence-corrected chi connectivity index (χ1v) is 6.76. The third-order valence-electron chi connectivity index (χ3n) is 2.74. The molecule has 0 bridgehead atoms. The Labute approximate surface area is 119 Å². The van der Waals surface area contributed by atoms with Gasteiger partial charge in [-0.15, -0.1) is 0 Å². The van der Waals surface area contributed by atoms with Crippen LogP contribution in [-0.2, 0) is 20.8 Å². The Morgan fingerprint density at radius 1 is 1.40 bits per heavy atom. The van der Waals surface area contributed by atoms with Crippen LogP contribution in [0.5, 0.6) is 0 Å². The van der Waals surface area contributed by atoms with Crippen LogP contribution in [0.4, 0.5) is 0 Å². The summed E-state index contributed by atoms with van der Waals surface area (Å²) in [4.78, 5) is 15.1. The third-order valence-corrected chi connectivity index (χ3v) is 2.74. The monoisotopic (exact) mass is 284 g/mol. The normalized spacial score (nSPS) is 12.3. The molecule has 0 aromatic carbocycles. The van der Waals surface area contributed by atoms with Gasteiger partial charge in [0.05, 0.1) is 38.4 Å². The van der Waals surface area contributed by atoms with Gasteiger partial charge in [0.25, 0.3) is 0 Å². The molecule has 0 fully saturated rings. The number of imidazole rings is 1. The van der Waals surface area contributed by atoms with E-state index < -0.39 is 0 Å². The van der Waals surface area contributed by atoms with Gasteiger partial charge in [0, 0.05) is 32.3 Å². The van der Waals surface area contributed by atoms with E-state index >= 15 is 0 Å². The van der Waals surface area contributed by atoms with Crippen molar-refractivity contribution in [3.05, 3.63) is 18.2 Å². The van der Waals surface area contributed by atoms with E-state index in [1.807, 2.05) is 17.7 Å². The van der Waals surface area contributed by atoms with Crippen molar-refractivity contribution in [2.24, 2.45) is 5.73 Å². The highest BCUT2D eigenvalue weighted by Crippen LogP contribution is 2.05. The van der Waals surface area contributed by atoms with E-state index in [1.54, 1.807) is 13.4 Å². The van der Waals surface area contributed by atoms with Gasteiger partial charge < -0.3 is 25.1 Å². The highest BCUT2D eigenvalue weighted by atomic mass is 16.5. The van der Waals surface area contributed by atoms with Gasteiger partial charge in [-0.3, -0.25) is 4.79 Å². The fraction of sp³-hybridized carbons (Fsp3) is 0.692. The predicted molar refractivity (Wildman–Crippen MR) is 75.2 cm³/mol. The third kappa shape index (κ3) is 6.65. The maximum absolute atomic E-state index is 10.9. The summed E-state index contributed by atoms with van der Waals surface area (Å²) >= 11 is 0. The zero-order chi connectivity index (χ0) is 14.8. The van der Waals surface area contributed by atoms with Crippen LogP contribution in [0.1, 0.15) is 25.1 Å². The van der Waals surface area contributed by atoms with Crippen LogP contribution >= 0.6 is 0 Å². The number of aromatic nitrogens is 2. The Morgan fingerprint density at radius 2 is 2.10 bits per heavy atom. The van der Waals surface area contributed by atoms with Crippen molar-refractivity contribution in [3.63, 3.8) is 0 Å². The van der Waals surface area contributed by atoms with E-state index in [-0.39, 0.29) is 11.9 Å². The van der Waals surface area contributed by atoms with Crippen LogP contribution in [0.3, 0.4) is 0 Å². The smallest absolute Gasteiger partial charge is 0.222 e. The molecule has 0 radical (unpaired) electrons. The van der Waals surface area contributed by atoms with Crippen LogP contribution in [0.25, 0.3) is 0 Å². The number of ether oxygens (including phenoxy) is 2. The number of rotatable bonds is 10. The number of nitrogens with zero attached hydrogens (tertiary/aromatic N) is 2. The van der Waals surface area contributed by atoms with Crippen molar-refractivity contribution < 1.29 is 14.3 Å². The minimum Gasteiger partial charge on any atom is -0.379 e. The van der Waals surface area contributed by atoms with Crippen molar-refractivity contribution in [1.82, 2.24) is 14.9 Å². The molecule has 1 amide bonds. The van der Waals surface area contributed by atoms with Gasteiger partial charge in [-0.1, -0.05) is 0 Å². The lowest BCUT2D eigenvalue weighted by Crippen LogP contribution is -2.20. The lowest BCUT2D eigenvalue weighted by Gasteiger charge is -2.06. The number of nitrogens with one attached hydrogen (secondary N) is 1. The van der Waals surface area contributed by atoms with Crippen molar-refractivity contribution in [2.75, 3.05) is 33.5 Å². The second-order valence-corrected chi connectivity index (χ2v) is 4.47. The molecule has 0 aliphatic rings. The zero-order valence-electron chi connectivity index (χ0n) is 12.2. The van der Waals surface area contributed by atoms with Crippen LogP contribution in [-0.4, -0.2) is 48.9 Å². The molecule has 1 unspecified atom stereocenters. The van der Waals surface area contributed by atoms with Gasteiger partial charge in [-0.2, -0.15) is 0 Å². The standard InChI is InChI=1S/C13H24N4O3/c1-11(14)12-9-17(10-16-12)4-6-20-8-7-19-5-3-13(18)15-2/h9-11H,3-8,14H2,1-2H3,(H,15,18). The number of amides is 1. The number of carbonyl (C=O) groups excluding carboxylic acids is 1. The summed E-state index contributed by atoms with van der Waals surface area (Å²) in [6, 6.07) is -0.0501. The Kier molecular flexibility index (Phi) is 7.86. The second kappa shape index (κ2) is 9.46. The van der Waals surface area contributed by atoms with Gasteiger partial charge in [0.1, 0.15) is 0 Å². The molecule has 7 heteroatoms. The first kappa shape index (κ1) is 16.6. The molecule has 1 aromatic rings. The summed E-state index contributed by atoms with van der Waals surface area (Å²) in [5.41, 5.74) is 6.61. The average molecular weight is 284 g/mol. The summed E-state index contributed by atoms with van der Waals surface area (Å²) in [5, 5.41) is 2.54. The number of hydrogen-bond donors (Lipinski definition) is 2. The lowest BCUT2D eigenvalue weighted by molar-refractivity contribution is -0.121. The van der Waals surface area contributed by atoms with Crippen molar-refractivity contribution in [1.29, 1.82) is 0 Å². The molecular formula is C13H24N4O3. The molecule has 0 saturated heterocycles. The molecular weight excluding hydrogens is 260 g/mol. The topological polar surface area (TPSA) is 91.4 Å². The van der Waals surface area contributed by atoms with E-state index in [9.17, 15) is 4.79 Å². The number of nitrogens with two attached hydrogens (primary N) is 1. The Morgan fingerprint density at radius 3 is 2.70 bits per heavy atom. The second-order valence-electron chi connectivity index (χ2n) is 4.47. The summed E-state index contributed by atoms with van der Waals surface area (Å²) in [6.45, 7) is 4.65. The van der Waals surface area contributed by atoms with Crippen molar-refractivity contribution in [3.8, 4) is 0 Å². The molecule has 0 spiro atoms. The Hall–Kier alpha value is -1.44. The van der Waals surface area contributed by atoms with Crippen LogP contribution in [0.15, 0.2) is 12.5 Å². The predicted octanol–water partition coefficient (Wildman–Crippen LogP) is 0.0721. The fourth-order valence-corrected chi connectivity index (χ4v) is 1.52. The maximum atomic E-state index is 10.9. The highest BCUT2D eigenvalue weighted by Gasteiger charge is 2.03. The minimum absolute atomic E-state index is 0.0176. The number of hydrogen-bond acceptors (Lipinski definition) is 5. The SMILES string of the molecule is CNC(=O)CCOCCOCCn1cnc(C(C)N)c1. The zero-order valence-corrected chi connectivity index (χ0v) is 12.2. The van der Waals surface area contributed by atoms with Crippen molar-refractivity contribution in [2.45, 2.75) is 25.9 Å². The highest BCUT2D eigenvalue weighted by molar-refractivity contribution is 5.75. The van der Waals surface area contributed by atoms with Crippen LogP contribution in [0.2, 0.25) is 0 Å². The van der Waals surface area contributed by atoms with E-state index in [1.165, 1.54) is 0 Å². The van der Waals surface area contributed by atoms with Crippen molar-refractivity contribution >= 4 is 5.91 Å². The van der Waals surface area contributed by atoms with Gasteiger partial charge in [-0.25, -0.2) is 4.98 Å². The summed E-state index contributed by atoms with van der Waals surface area (Å²) in [7, 11) is 1.61. The van der Waals surface area contributed by atoms with Crippen LogP contribution < -0.4 is 11.1 Å². The van der Waals surface area contributed by atoms with Gasteiger partial charge in [-0.05, 0) is 6.92 Å². The van der Waals surface area contributed by atoms with Gasteiger partial charge in [0.15, 0.2) is 0 Å². The van der Waals surface area contributed by atoms with Crippen LogP contribution in [0, 0.1) is 0 Å². The maximum Gasteiger partial charge on any atom is 0.222 e. The molecule has 0 saturated carbocycles. The summed E-state index contributed by atoms with van der Waals surface area (Å²) in [5.74, 6) is -0.0176. The Bertz CT molecular complexity index is 393. The first-order valence-electron chi connectivity index (χ1n) is 6.76. The molecule has 3 N–H and O–H groups in total. The molecule has 1 aromatic heterocycles. The van der Waals surface area contributed by atoms with Gasteiger partial charge in [0.2, 0.25) is 5.91 Å². The lowest BCUT2D eigenvalue weighted by atomic mass is 10.3. The first-order chi connectivity index (χ1) is 9.63. The quantitative estimate of drug-likeness (QED) is 0.593. The minimum atomic E-state index is -0.0501. The average Bonchev–Trinajstić information content (AvgIpc) is 2.90. The molecule has 114 valence electrons. The van der Waals surface area contributed by atoms with E-state index in [2.05, 4.69) is 10.3 Å². The van der Waals surface area contributed by atoms with E-state index in [0.29, 0.717) is 32.8 Å². The molecule has 1 heterocycles. The summed E-state index contributed by atoms with van der Waals surface area (Å²) < 4.78 is 12.7. The largest absolute Gasteiger partial charge is 0.379 e. The molecule has 1 atom stereocenters. The fourth-order valence-electron chi connectivity index (χ4n) is 1.52. The molecule has 20 heavy (non-hydrogen) atoms. The molecule has 0 aliphatic carbocycles. The van der Waals surface area contributed by atoms with E-state index in [0.717, 1.165) is 12.2 Å².